The van der Waals surface area contributed by atoms with E-state index in [0.29, 0.717) is 5.57 Å². The van der Waals surface area contributed by atoms with Gasteiger partial charge in [-0.1, -0.05) is 20.8 Å². The van der Waals surface area contributed by atoms with E-state index in [-0.39, 0.29) is 11.6 Å². The van der Waals surface area contributed by atoms with Crippen LogP contribution >= 0.6 is 11.8 Å². The summed E-state index contributed by atoms with van der Waals surface area (Å²) in [5, 5.41) is 10.6. The van der Waals surface area contributed by atoms with Crippen LogP contribution in [0.5, 0.6) is 0 Å². The molecule has 0 spiro atoms. The number of hydrogen-bond acceptors (Lipinski definition) is 5. The lowest BCUT2D eigenvalue weighted by atomic mass is 9.90. The molecule has 6 heteroatoms. The van der Waals surface area contributed by atoms with Crippen LogP contribution in [-0.2, 0) is 9.53 Å². The van der Waals surface area contributed by atoms with E-state index in [0.717, 1.165) is 56.3 Å². The van der Waals surface area contributed by atoms with Gasteiger partial charge in [0, 0.05) is 19.6 Å². The van der Waals surface area contributed by atoms with E-state index in [1.807, 2.05) is 13.2 Å². The normalized spacial score (nSPS) is 23.0. The van der Waals surface area contributed by atoms with Crippen molar-refractivity contribution in [2.75, 3.05) is 39.1 Å². The predicted octanol–water partition coefficient (Wildman–Crippen LogP) is 3.39. The van der Waals surface area contributed by atoms with Gasteiger partial charge in [-0.2, -0.15) is 0 Å². The van der Waals surface area contributed by atoms with Crippen molar-refractivity contribution in [3.05, 3.63) is 22.3 Å². The lowest BCUT2D eigenvalue weighted by Gasteiger charge is -2.44. The second-order valence-corrected chi connectivity index (χ2v) is 8.75. The van der Waals surface area contributed by atoms with Crippen LogP contribution in [0.3, 0.4) is 0 Å². The van der Waals surface area contributed by atoms with Crippen molar-refractivity contribution >= 4 is 17.7 Å². The van der Waals surface area contributed by atoms with Crippen LogP contribution in [0.1, 0.15) is 40.5 Å². The number of hydrogen-bond donors (Lipinski definition) is 1. The SMILES string of the molecule is CSC1=C(C(=O)O)C(C)=CC(N2CCOCC2)N1CCCC(C)(C)C. The number of rotatable bonds is 6. The topological polar surface area (TPSA) is 53.0 Å². The van der Waals surface area contributed by atoms with E-state index in [4.69, 9.17) is 4.74 Å². The molecule has 25 heavy (non-hydrogen) atoms. The molecule has 2 aliphatic rings. The monoisotopic (exact) mass is 368 g/mol. The standard InChI is InChI=1S/C19H32N2O3S/c1-14-13-15(20-9-11-24-12-10-20)21(8-6-7-19(2,3)4)17(25-5)16(14)18(22)23/h13,15H,6-12H2,1-5H3,(H,22,23). The highest BCUT2D eigenvalue weighted by Gasteiger charge is 2.34. The maximum Gasteiger partial charge on any atom is 0.338 e. The fourth-order valence-electron chi connectivity index (χ4n) is 3.47. The summed E-state index contributed by atoms with van der Waals surface area (Å²) < 4.78 is 5.50. The summed E-state index contributed by atoms with van der Waals surface area (Å²) in [5.74, 6) is -0.834. The number of ether oxygens (including phenoxy) is 1. The first-order chi connectivity index (χ1) is 11.7. The minimum Gasteiger partial charge on any atom is -0.478 e. The fourth-order valence-corrected chi connectivity index (χ4v) is 4.35. The van der Waals surface area contributed by atoms with Crippen molar-refractivity contribution in [1.29, 1.82) is 0 Å². The number of carbonyl (C=O) groups is 1. The average molecular weight is 369 g/mol. The molecule has 0 radical (unpaired) electrons. The second kappa shape index (κ2) is 8.60. The van der Waals surface area contributed by atoms with E-state index in [1.54, 1.807) is 11.8 Å². The lowest BCUT2D eigenvalue weighted by molar-refractivity contribution is -0.132. The molecule has 0 bridgehead atoms. The van der Waals surface area contributed by atoms with Crippen LogP contribution in [0.2, 0.25) is 0 Å². The third-order valence-electron chi connectivity index (χ3n) is 4.74. The average Bonchev–Trinajstić information content (AvgIpc) is 2.54. The fraction of sp³-hybridized carbons (Fsp3) is 0.737. The Balaban J connectivity index is 2.28. The van der Waals surface area contributed by atoms with Crippen LogP contribution in [0.4, 0.5) is 0 Å². The molecule has 0 aromatic carbocycles. The van der Waals surface area contributed by atoms with Gasteiger partial charge in [0.1, 0.15) is 6.17 Å². The Hall–Kier alpha value is -0.980. The van der Waals surface area contributed by atoms with Crippen LogP contribution in [-0.4, -0.2) is 66.1 Å². The highest BCUT2D eigenvalue weighted by atomic mass is 32.2. The minimum atomic E-state index is -0.834. The largest absolute Gasteiger partial charge is 0.478 e. The second-order valence-electron chi connectivity index (χ2n) is 7.96. The predicted molar refractivity (Wildman–Crippen MR) is 104 cm³/mol. The number of aliphatic carboxylic acids is 1. The van der Waals surface area contributed by atoms with Gasteiger partial charge in [0.25, 0.3) is 0 Å². The first-order valence-corrected chi connectivity index (χ1v) is 10.3. The highest BCUT2D eigenvalue weighted by molar-refractivity contribution is 8.02. The van der Waals surface area contributed by atoms with Crippen molar-refractivity contribution in [1.82, 2.24) is 9.80 Å². The quantitative estimate of drug-likeness (QED) is 0.776. The van der Waals surface area contributed by atoms with Gasteiger partial charge in [-0.25, -0.2) is 4.79 Å². The summed E-state index contributed by atoms with van der Waals surface area (Å²) in [7, 11) is 0. The molecule has 1 fully saturated rings. The van der Waals surface area contributed by atoms with Crippen molar-refractivity contribution in [2.24, 2.45) is 5.41 Å². The van der Waals surface area contributed by atoms with Gasteiger partial charge >= 0.3 is 5.97 Å². The molecule has 2 heterocycles. The zero-order chi connectivity index (χ0) is 18.6. The summed E-state index contributed by atoms with van der Waals surface area (Å²) in [4.78, 5) is 16.5. The summed E-state index contributed by atoms with van der Waals surface area (Å²) in [5.41, 5.74) is 1.60. The molecule has 1 N–H and O–H groups in total. The van der Waals surface area contributed by atoms with Crippen molar-refractivity contribution in [2.45, 2.75) is 46.7 Å². The van der Waals surface area contributed by atoms with Crippen LogP contribution in [0.15, 0.2) is 22.3 Å². The molecule has 0 amide bonds. The molecule has 2 rings (SSSR count). The molecular weight excluding hydrogens is 336 g/mol. The third-order valence-corrected chi connectivity index (χ3v) is 5.57. The van der Waals surface area contributed by atoms with Gasteiger partial charge in [0.2, 0.25) is 0 Å². The first kappa shape index (κ1) is 20.3. The summed E-state index contributed by atoms with van der Waals surface area (Å²) in [6.45, 7) is 12.8. The van der Waals surface area contributed by atoms with E-state index in [1.165, 1.54) is 0 Å². The van der Waals surface area contributed by atoms with Crippen molar-refractivity contribution < 1.29 is 14.6 Å². The van der Waals surface area contributed by atoms with Crippen LogP contribution < -0.4 is 0 Å². The molecule has 5 nitrogen and oxygen atoms in total. The summed E-state index contributed by atoms with van der Waals surface area (Å²) >= 11 is 1.55. The zero-order valence-corrected chi connectivity index (χ0v) is 17.0. The Labute approximate surface area is 156 Å². The molecule has 142 valence electrons. The molecular formula is C19H32N2O3S. The third kappa shape index (κ3) is 5.25. The molecule has 1 atom stereocenters. The van der Waals surface area contributed by atoms with Gasteiger partial charge in [-0.05, 0) is 43.1 Å². The van der Waals surface area contributed by atoms with E-state index in [2.05, 4.69) is 36.6 Å². The molecule has 1 unspecified atom stereocenters. The van der Waals surface area contributed by atoms with E-state index < -0.39 is 5.97 Å². The van der Waals surface area contributed by atoms with Gasteiger partial charge < -0.3 is 14.7 Å². The van der Waals surface area contributed by atoms with Crippen molar-refractivity contribution in [3.63, 3.8) is 0 Å². The molecule has 2 aliphatic heterocycles. The Bertz CT molecular complexity index is 545. The molecule has 0 saturated carbocycles. The summed E-state index contributed by atoms with van der Waals surface area (Å²) in [6.07, 6.45) is 6.38. The Morgan fingerprint density at radius 3 is 2.52 bits per heavy atom. The smallest absolute Gasteiger partial charge is 0.338 e. The summed E-state index contributed by atoms with van der Waals surface area (Å²) in [6, 6.07) is 0. The van der Waals surface area contributed by atoms with E-state index in [9.17, 15) is 9.90 Å². The molecule has 0 aromatic rings. The van der Waals surface area contributed by atoms with Gasteiger partial charge in [-0.15, -0.1) is 11.8 Å². The maximum atomic E-state index is 11.8. The highest BCUT2D eigenvalue weighted by Crippen LogP contribution is 2.35. The molecule has 0 aromatic heterocycles. The Morgan fingerprint density at radius 2 is 2.00 bits per heavy atom. The van der Waals surface area contributed by atoms with Gasteiger partial charge in [-0.3, -0.25) is 4.90 Å². The Morgan fingerprint density at radius 1 is 1.36 bits per heavy atom. The number of thioether (sulfide) groups is 1. The zero-order valence-electron chi connectivity index (χ0n) is 16.2. The van der Waals surface area contributed by atoms with Gasteiger partial charge in [0.15, 0.2) is 0 Å². The molecule has 0 aliphatic carbocycles. The number of carboxylic acid groups (broad SMARTS) is 1. The Kier molecular flexibility index (Phi) is 7.00. The number of carboxylic acids is 1. The van der Waals surface area contributed by atoms with Gasteiger partial charge in [0.05, 0.1) is 23.8 Å². The first-order valence-electron chi connectivity index (χ1n) is 9.03. The number of nitrogens with zero attached hydrogens (tertiary/aromatic N) is 2. The minimum absolute atomic E-state index is 0.120. The number of morpholine rings is 1. The lowest BCUT2D eigenvalue weighted by Crippen LogP contribution is -2.52. The van der Waals surface area contributed by atoms with E-state index >= 15 is 0 Å². The van der Waals surface area contributed by atoms with Crippen LogP contribution in [0, 0.1) is 5.41 Å². The maximum absolute atomic E-state index is 11.8. The van der Waals surface area contributed by atoms with Crippen molar-refractivity contribution in [3.8, 4) is 0 Å². The van der Waals surface area contributed by atoms with Crippen LogP contribution in [0.25, 0.3) is 0 Å². The molecule has 1 saturated heterocycles.